The van der Waals surface area contributed by atoms with Gasteiger partial charge in [-0.1, -0.05) is 13.8 Å². The number of nitrogens with two attached hydrogens (primary N) is 1. The van der Waals surface area contributed by atoms with Crippen LogP contribution in [0.5, 0.6) is 0 Å². The van der Waals surface area contributed by atoms with Gasteiger partial charge in [0.2, 0.25) is 0 Å². The fourth-order valence-electron chi connectivity index (χ4n) is 1.49. The predicted octanol–water partition coefficient (Wildman–Crippen LogP) is 1.33. The molecule has 0 radical (unpaired) electrons. The number of aromatic nitrogens is 2. The Kier molecular flexibility index (Phi) is 5.87. The lowest BCUT2D eigenvalue weighted by Crippen LogP contribution is -2.37. The zero-order valence-electron chi connectivity index (χ0n) is 10.3. The van der Waals surface area contributed by atoms with Crippen LogP contribution in [0.15, 0.2) is 12.3 Å². The normalized spacial score (nSPS) is 13.3. The number of hydrazine groups is 1. The van der Waals surface area contributed by atoms with Crippen molar-refractivity contribution in [3.63, 3.8) is 0 Å². The Morgan fingerprint density at radius 2 is 2.31 bits per heavy atom. The Morgan fingerprint density at radius 1 is 1.56 bits per heavy atom. The van der Waals surface area contributed by atoms with Gasteiger partial charge in [-0.25, -0.2) is 0 Å². The highest BCUT2D eigenvalue weighted by Gasteiger charge is 2.09. The fourth-order valence-corrected chi connectivity index (χ4v) is 2.37. The van der Waals surface area contributed by atoms with Crippen molar-refractivity contribution in [2.24, 2.45) is 12.9 Å². The summed E-state index contributed by atoms with van der Waals surface area (Å²) in [6.45, 7) is 4.42. The minimum Gasteiger partial charge on any atom is -0.273 e. The molecular formula is C11H22N4S. The molecule has 0 aliphatic heterocycles. The Labute approximate surface area is 102 Å². The van der Waals surface area contributed by atoms with E-state index in [9.17, 15) is 0 Å². The average molecular weight is 242 g/mol. The molecule has 1 aromatic heterocycles. The first-order chi connectivity index (χ1) is 7.63. The maximum absolute atomic E-state index is 5.55. The molecule has 0 saturated heterocycles. The number of nitrogens with one attached hydrogen (secondary N) is 1. The topological polar surface area (TPSA) is 55.9 Å². The first kappa shape index (κ1) is 13.5. The van der Waals surface area contributed by atoms with E-state index in [0.29, 0.717) is 11.3 Å². The van der Waals surface area contributed by atoms with Gasteiger partial charge in [0.05, 0.1) is 0 Å². The monoisotopic (exact) mass is 242 g/mol. The molecule has 0 spiro atoms. The van der Waals surface area contributed by atoms with Crippen molar-refractivity contribution in [1.29, 1.82) is 0 Å². The van der Waals surface area contributed by atoms with Crippen molar-refractivity contribution < 1.29 is 0 Å². The van der Waals surface area contributed by atoms with Crippen molar-refractivity contribution in [2.45, 2.75) is 38.0 Å². The van der Waals surface area contributed by atoms with E-state index in [-0.39, 0.29) is 0 Å². The molecule has 1 heterocycles. The molecule has 1 rings (SSSR count). The zero-order chi connectivity index (χ0) is 12.0. The lowest BCUT2D eigenvalue weighted by Gasteiger charge is -2.16. The summed E-state index contributed by atoms with van der Waals surface area (Å²) in [7, 11) is 1.98. The van der Waals surface area contributed by atoms with E-state index in [1.807, 2.05) is 29.7 Å². The largest absolute Gasteiger partial charge is 0.273 e. The molecule has 5 heteroatoms. The van der Waals surface area contributed by atoms with Crippen molar-refractivity contribution in [2.75, 3.05) is 5.75 Å². The van der Waals surface area contributed by atoms with Gasteiger partial charge in [0.15, 0.2) is 0 Å². The summed E-state index contributed by atoms with van der Waals surface area (Å²) in [5, 5.41) is 4.81. The summed E-state index contributed by atoms with van der Waals surface area (Å²) < 4.78 is 1.92. The van der Waals surface area contributed by atoms with E-state index < -0.39 is 0 Å². The smallest absolute Gasteiger partial charge is 0.0492 e. The van der Waals surface area contributed by atoms with Crippen LogP contribution >= 0.6 is 11.8 Å². The summed E-state index contributed by atoms with van der Waals surface area (Å²) in [6, 6.07) is 2.44. The molecule has 0 amide bonds. The quantitative estimate of drug-likeness (QED) is 0.559. The molecule has 1 aromatic rings. The lowest BCUT2D eigenvalue weighted by atomic mass is 10.1. The fraction of sp³-hybridized carbons (Fsp3) is 0.727. The van der Waals surface area contributed by atoms with Crippen LogP contribution in [0.2, 0.25) is 0 Å². The minimum atomic E-state index is 0.377. The lowest BCUT2D eigenvalue weighted by molar-refractivity contribution is 0.527. The number of rotatable bonds is 7. The average Bonchev–Trinajstić information content (AvgIpc) is 2.64. The first-order valence-electron chi connectivity index (χ1n) is 5.68. The van der Waals surface area contributed by atoms with Crippen LogP contribution in [-0.2, 0) is 13.5 Å². The summed E-state index contributed by atoms with van der Waals surface area (Å²) in [5.74, 6) is 6.61. The molecule has 4 nitrogen and oxygen atoms in total. The number of nitrogens with zero attached hydrogens (tertiary/aromatic N) is 2. The molecule has 0 saturated carbocycles. The maximum atomic E-state index is 5.55. The standard InChI is InChI=1S/C11H22N4S/c1-9(2)16-8-10(14-12)4-5-11-6-7-13-15(11)3/h6-7,9-10,14H,4-5,8,12H2,1-3H3. The highest BCUT2D eigenvalue weighted by atomic mass is 32.2. The van der Waals surface area contributed by atoms with Crippen LogP contribution in [0.3, 0.4) is 0 Å². The molecule has 3 N–H and O–H groups in total. The molecule has 0 aromatic carbocycles. The van der Waals surface area contributed by atoms with Crippen molar-refractivity contribution in [3.8, 4) is 0 Å². The first-order valence-corrected chi connectivity index (χ1v) is 6.73. The van der Waals surface area contributed by atoms with E-state index in [0.717, 1.165) is 18.6 Å². The Balaban J connectivity index is 2.31. The molecule has 1 atom stereocenters. The van der Waals surface area contributed by atoms with E-state index in [1.165, 1.54) is 5.69 Å². The molecule has 0 fully saturated rings. The molecule has 0 bridgehead atoms. The van der Waals surface area contributed by atoms with Gasteiger partial charge >= 0.3 is 0 Å². The SMILES string of the molecule is CC(C)SCC(CCc1ccnn1C)NN. The minimum absolute atomic E-state index is 0.377. The third-order valence-corrected chi connectivity index (χ3v) is 3.80. The number of aryl methyl sites for hydroxylation is 2. The van der Waals surface area contributed by atoms with Gasteiger partial charge in [0.1, 0.15) is 0 Å². The number of hydrogen-bond acceptors (Lipinski definition) is 4. The van der Waals surface area contributed by atoms with Crippen LogP contribution in [-0.4, -0.2) is 26.8 Å². The van der Waals surface area contributed by atoms with E-state index in [1.54, 1.807) is 0 Å². The predicted molar refractivity (Wildman–Crippen MR) is 70.2 cm³/mol. The Morgan fingerprint density at radius 3 is 2.81 bits per heavy atom. The molecule has 1 unspecified atom stereocenters. The highest BCUT2D eigenvalue weighted by molar-refractivity contribution is 7.99. The third kappa shape index (κ3) is 4.55. The molecular weight excluding hydrogens is 220 g/mol. The van der Waals surface area contributed by atoms with Gasteiger partial charge < -0.3 is 0 Å². The molecule has 0 aliphatic rings. The van der Waals surface area contributed by atoms with Crippen LogP contribution < -0.4 is 11.3 Å². The third-order valence-electron chi connectivity index (χ3n) is 2.54. The summed E-state index contributed by atoms with van der Waals surface area (Å²) >= 11 is 1.94. The summed E-state index contributed by atoms with van der Waals surface area (Å²) in [4.78, 5) is 0. The molecule has 16 heavy (non-hydrogen) atoms. The second-order valence-corrected chi connectivity index (χ2v) is 5.84. The summed E-state index contributed by atoms with van der Waals surface area (Å²) in [6.07, 6.45) is 3.91. The van der Waals surface area contributed by atoms with E-state index in [2.05, 4.69) is 30.4 Å². The second-order valence-electron chi connectivity index (χ2n) is 4.23. The van der Waals surface area contributed by atoms with Gasteiger partial charge in [0.25, 0.3) is 0 Å². The maximum Gasteiger partial charge on any atom is 0.0492 e. The van der Waals surface area contributed by atoms with Gasteiger partial charge in [-0.15, -0.1) is 0 Å². The van der Waals surface area contributed by atoms with Crippen LogP contribution in [0, 0.1) is 0 Å². The second kappa shape index (κ2) is 6.93. The molecule has 0 aliphatic carbocycles. The Hall–Kier alpha value is -0.520. The van der Waals surface area contributed by atoms with Gasteiger partial charge in [-0.3, -0.25) is 16.0 Å². The van der Waals surface area contributed by atoms with Crippen LogP contribution in [0.4, 0.5) is 0 Å². The van der Waals surface area contributed by atoms with E-state index >= 15 is 0 Å². The zero-order valence-corrected chi connectivity index (χ0v) is 11.1. The molecule has 92 valence electrons. The van der Waals surface area contributed by atoms with Crippen molar-refractivity contribution in [1.82, 2.24) is 15.2 Å². The van der Waals surface area contributed by atoms with Gasteiger partial charge in [-0.05, 0) is 24.2 Å². The van der Waals surface area contributed by atoms with Gasteiger partial charge in [-0.2, -0.15) is 16.9 Å². The van der Waals surface area contributed by atoms with Crippen LogP contribution in [0.1, 0.15) is 26.0 Å². The van der Waals surface area contributed by atoms with Crippen molar-refractivity contribution >= 4 is 11.8 Å². The van der Waals surface area contributed by atoms with E-state index in [4.69, 9.17) is 5.84 Å². The number of hydrogen-bond donors (Lipinski definition) is 2. The Bertz CT molecular complexity index is 298. The number of thioether (sulfide) groups is 1. The highest BCUT2D eigenvalue weighted by Crippen LogP contribution is 2.13. The van der Waals surface area contributed by atoms with Crippen molar-refractivity contribution in [3.05, 3.63) is 18.0 Å². The summed E-state index contributed by atoms with van der Waals surface area (Å²) in [5.41, 5.74) is 4.15. The van der Waals surface area contributed by atoms with Gasteiger partial charge in [0, 0.05) is 30.7 Å². The van der Waals surface area contributed by atoms with Crippen LogP contribution in [0.25, 0.3) is 0 Å².